The zero-order chi connectivity index (χ0) is 14.8. The lowest BCUT2D eigenvalue weighted by Crippen LogP contribution is -2.06. The van der Waals surface area contributed by atoms with Crippen LogP contribution >= 0.6 is 11.6 Å². The summed E-state index contributed by atoms with van der Waals surface area (Å²) in [4.78, 5) is 11.8. The molecule has 0 saturated carbocycles. The van der Waals surface area contributed by atoms with Gasteiger partial charge in [-0.3, -0.25) is 14.6 Å². The minimum absolute atomic E-state index is 0.120. The Morgan fingerprint density at radius 2 is 1.81 bits per heavy atom. The first-order valence-corrected chi connectivity index (χ1v) is 7.23. The van der Waals surface area contributed by atoms with Gasteiger partial charge in [0.2, 0.25) is 0 Å². The normalized spacial score (nSPS) is 10.8. The minimum atomic E-state index is -0.120. The lowest BCUT2D eigenvalue weighted by molar-refractivity contribution is 0.855. The zero-order valence-corrected chi connectivity index (χ0v) is 12.4. The van der Waals surface area contributed by atoms with Crippen molar-refractivity contribution in [3.05, 3.63) is 75.5 Å². The third-order valence-corrected chi connectivity index (χ3v) is 3.74. The van der Waals surface area contributed by atoms with Gasteiger partial charge in [-0.25, -0.2) is 0 Å². The van der Waals surface area contributed by atoms with Crippen molar-refractivity contribution in [2.45, 2.75) is 13.3 Å². The second kappa shape index (κ2) is 5.62. The topological polar surface area (TPSA) is 37.8 Å². The summed E-state index contributed by atoms with van der Waals surface area (Å²) in [5.74, 6) is 0. The molecule has 4 heteroatoms. The summed E-state index contributed by atoms with van der Waals surface area (Å²) in [6.45, 7) is 2.10. The molecule has 1 N–H and O–H groups in total. The van der Waals surface area contributed by atoms with Crippen molar-refractivity contribution in [1.82, 2.24) is 9.78 Å². The van der Waals surface area contributed by atoms with Gasteiger partial charge in [0.1, 0.15) is 0 Å². The Kier molecular flexibility index (Phi) is 3.67. The van der Waals surface area contributed by atoms with Gasteiger partial charge in [0.15, 0.2) is 0 Å². The Morgan fingerprint density at radius 1 is 1.10 bits per heavy atom. The smallest absolute Gasteiger partial charge is 0.265 e. The van der Waals surface area contributed by atoms with Crippen molar-refractivity contribution in [1.29, 1.82) is 0 Å². The van der Waals surface area contributed by atoms with Crippen LogP contribution in [0.1, 0.15) is 12.5 Å². The van der Waals surface area contributed by atoms with Gasteiger partial charge in [-0.1, -0.05) is 48.9 Å². The fourth-order valence-electron chi connectivity index (χ4n) is 2.44. The van der Waals surface area contributed by atoms with Crippen molar-refractivity contribution >= 4 is 11.6 Å². The van der Waals surface area contributed by atoms with Crippen LogP contribution in [0.25, 0.3) is 16.9 Å². The maximum absolute atomic E-state index is 11.8. The second-order valence-electron chi connectivity index (χ2n) is 4.83. The molecular weight excluding hydrogens is 284 g/mol. The summed E-state index contributed by atoms with van der Waals surface area (Å²) >= 11 is 5.93. The third kappa shape index (κ3) is 2.65. The van der Waals surface area contributed by atoms with Gasteiger partial charge < -0.3 is 0 Å². The highest BCUT2D eigenvalue weighted by molar-refractivity contribution is 6.30. The number of nitrogens with zero attached hydrogens (tertiary/aromatic N) is 1. The number of aryl methyl sites for hydroxylation is 1. The molecule has 1 heterocycles. The van der Waals surface area contributed by atoms with Crippen LogP contribution in [0.2, 0.25) is 5.02 Å². The van der Waals surface area contributed by atoms with Crippen molar-refractivity contribution in [2.24, 2.45) is 0 Å². The van der Waals surface area contributed by atoms with E-state index in [1.807, 2.05) is 47.1 Å². The number of rotatable bonds is 3. The standard InChI is InChI=1S/C17H15ClN2O/c1-2-12-5-3-4-6-15(12)20-16(11-17(21)19-20)13-7-9-14(18)10-8-13/h3-11H,2H2,1H3,(H,19,21). The van der Waals surface area contributed by atoms with Crippen LogP contribution in [0.3, 0.4) is 0 Å². The second-order valence-corrected chi connectivity index (χ2v) is 5.27. The molecule has 3 aromatic rings. The monoisotopic (exact) mass is 298 g/mol. The minimum Gasteiger partial charge on any atom is -0.268 e. The molecule has 21 heavy (non-hydrogen) atoms. The number of hydrogen-bond donors (Lipinski definition) is 1. The summed E-state index contributed by atoms with van der Waals surface area (Å²) in [7, 11) is 0. The molecule has 0 amide bonds. The highest BCUT2D eigenvalue weighted by Crippen LogP contribution is 2.24. The van der Waals surface area contributed by atoms with Crippen LogP contribution < -0.4 is 5.56 Å². The fourth-order valence-corrected chi connectivity index (χ4v) is 2.57. The molecule has 1 aromatic heterocycles. The van der Waals surface area contributed by atoms with Crippen LogP contribution in [0.5, 0.6) is 0 Å². The highest BCUT2D eigenvalue weighted by Gasteiger charge is 2.11. The molecule has 3 nitrogen and oxygen atoms in total. The van der Waals surface area contributed by atoms with Crippen LogP contribution in [-0.4, -0.2) is 9.78 Å². The molecule has 0 aliphatic heterocycles. The van der Waals surface area contributed by atoms with Crippen molar-refractivity contribution in [3.8, 4) is 16.9 Å². The molecule has 0 spiro atoms. The lowest BCUT2D eigenvalue weighted by atomic mass is 10.1. The molecular formula is C17H15ClN2O. The predicted molar refractivity (Wildman–Crippen MR) is 86.2 cm³/mol. The van der Waals surface area contributed by atoms with E-state index in [1.165, 1.54) is 5.56 Å². The first-order chi connectivity index (χ1) is 10.2. The van der Waals surface area contributed by atoms with E-state index in [0.717, 1.165) is 23.4 Å². The van der Waals surface area contributed by atoms with E-state index in [0.29, 0.717) is 5.02 Å². The van der Waals surface area contributed by atoms with Gasteiger partial charge in [-0.15, -0.1) is 0 Å². The molecule has 0 aliphatic carbocycles. The Labute approximate surface area is 127 Å². The average molecular weight is 299 g/mol. The highest BCUT2D eigenvalue weighted by atomic mass is 35.5. The van der Waals surface area contributed by atoms with E-state index >= 15 is 0 Å². The van der Waals surface area contributed by atoms with Gasteiger partial charge in [0.05, 0.1) is 11.4 Å². The predicted octanol–water partition coefficient (Wildman–Crippen LogP) is 4.05. The summed E-state index contributed by atoms with van der Waals surface area (Å²) < 4.78 is 1.84. The van der Waals surface area contributed by atoms with E-state index in [-0.39, 0.29) is 5.56 Å². The van der Waals surface area contributed by atoms with Crippen molar-refractivity contribution in [2.75, 3.05) is 0 Å². The third-order valence-electron chi connectivity index (χ3n) is 3.48. The van der Waals surface area contributed by atoms with Crippen LogP contribution in [0.4, 0.5) is 0 Å². The molecule has 3 rings (SSSR count). The number of benzene rings is 2. The fraction of sp³-hybridized carbons (Fsp3) is 0.118. The zero-order valence-electron chi connectivity index (χ0n) is 11.6. The van der Waals surface area contributed by atoms with Gasteiger partial charge in [0, 0.05) is 16.7 Å². The van der Waals surface area contributed by atoms with E-state index in [4.69, 9.17) is 11.6 Å². The number of H-pyrrole nitrogens is 1. The summed E-state index contributed by atoms with van der Waals surface area (Å²) in [6, 6.07) is 17.1. The molecule has 2 aromatic carbocycles. The van der Waals surface area contributed by atoms with Crippen LogP contribution in [0, 0.1) is 0 Å². The number of halogens is 1. The van der Waals surface area contributed by atoms with Crippen LogP contribution in [0.15, 0.2) is 59.4 Å². The first-order valence-electron chi connectivity index (χ1n) is 6.85. The van der Waals surface area contributed by atoms with Crippen molar-refractivity contribution in [3.63, 3.8) is 0 Å². The first kappa shape index (κ1) is 13.7. The Morgan fingerprint density at radius 3 is 2.52 bits per heavy atom. The molecule has 106 valence electrons. The molecule has 0 unspecified atom stereocenters. The molecule has 0 fully saturated rings. The SMILES string of the molecule is CCc1ccccc1-n1[nH]c(=O)cc1-c1ccc(Cl)cc1. The quantitative estimate of drug-likeness (QED) is 0.778. The van der Waals surface area contributed by atoms with Gasteiger partial charge in [-0.05, 0) is 30.2 Å². The molecule has 0 aliphatic rings. The number of nitrogens with one attached hydrogen (secondary N) is 1. The van der Waals surface area contributed by atoms with E-state index in [9.17, 15) is 4.79 Å². The van der Waals surface area contributed by atoms with E-state index in [1.54, 1.807) is 6.07 Å². The Hall–Kier alpha value is -2.26. The summed E-state index contributed by atoms with van der Waals surface area (Å²) in [6.07, 6.45) is 0.899. The molecule has 0 bridgehead atoms. The van der Waals surface area contributed by atoms with Gasteiger partial charge in [0.25, 0.3) is 5.56 Å². The van der Waals surface area contributed by atoms with E-state index < -0.39 is 0 Å². The summed E-state index contributed by atoms with van der Waals surface area (Å²) in [5, 5.41) is 3.55. The van der Waals surface area contributed by atoms with Crippen LogP contribution in [-0.2, 0) is 6.42 Å². The van der Waals surface area contributed by atoms with E-state index in [2.05, 4.69) is 18.1 Å². The molecule has 0 saturated heterocycles. The largest absolute Gasteiger partial charge is 0.268 e. The number of aromatic nitrogens is 2. The molecule has 0 radical (unpaired) electrons. The number of aromatic amines is 1. The average Bonchev–Trinajstić information content (AvgIpc) is 2.89. The molecule has 0 atom stereocenters. The maximum atomic E-state index is 11.8. The number of para-hydroxylation sites is 1. The maximum Gasteiger partial charge on any atom is 0.265 e. The Balaban J connectivity index is 2.20. The lowest BCUT2D eigenvalue weighted by Gasteiger charge is -2.12. The number of hydrogen-bond acceptors (Lipinski definition) is 1. The summed E-state index contributed by atoms with van der Waals surface area (Å²) in [5.41, 5.74) is 3.83. The van der Waals surface area contributed by atoms with Gasteiger partial charge in [-0.2, -0.15) is 0 Å². The van der Waals surface area contributed by atoms with Crippen molar-refractivity contribution < 1.29 is 0 Å². The Bertz CT molecular complexity index is 815. The van der Waals surface area contributed by atoms with Gasteiger partial charge >= 0.3 is 0 Å².